The van der Waals surface area contributed by atoms with Gasteiger partial charge in [0.15, 0.2) is 11.5 Å². The minimum absolute atomic E-state index is 0.276. The Morgan fingerprint density at radius 3 is 2.56 bits per heavy atom. The predicted molar refractivity (Wildman–Crippen MR) is 118 cm³/mol. The number of carbonyl (C=O) groups is 2. The van der Waals surface area contributed by atoms with E-state index in [4.69, 9.17) is 18.9 Å². The van der Waals surface area contributed by atoms with Gasteiger partial charge in [-0.15, -0.1) is 0 Å². The van der Waals surface area contributed by atoms with Crippen molar-refractivity contribution in [2.75, 3.05) is 27.4 Å². The number of carboxylic acid groups (broad SMARTS) is 1. The molecule has 0 aliphatic carbocycles. The van der Waals surface area contributed by atoms with Gasteiger partial charge < -0.3 is 24.1 Å². The molecule has 1 unspecified atom stereocenters. The lowest BCUT2D eigenvalue weighted by molar-refractivity contribution is -0.141. The Kier molecular flexibility index (Phi) is 7.59. The van der Waals surface area contributed by atoms with E-state index in [-0.39, 0.29) is 12.6 Å². The number of carbonyl (C=O) groups excluding carboxylic acids is 1. The maximum Gasteiger partial charge on any atom is 0.411 e. The average Bonchev–Trinajstić information content (AvgIpc) is 2.78. The van der Waals surface area contributed by atoms with Crippen molar-refractivity contribution in [1.82, 2.24) is 4.90 Å². The Morgan fingerprint density at radius 1 is 1.06 bits per heavy atom. The molecule has 1 N–H and O–H groups in total. The fourth-order valence-corrected chi connectivity index (χ4v) is 3.60. The van der Waals surface area contributed by atoms with Crippen molar-refractivity contribution in [1.29, 1.82) is 0 Å². The van der Waals surface area contributed by atoms with Gasteiger partial charge >= 0.3 is 12.1 Å². The topological polar surface area (TPSA) is 94.5 Å². The van der Waals surface area contributed by atoms with Crippen LogP contribution in [0.3, 0.4) is 0 Å². The minimum atomic E-state index is -1.04. The highest BCUT2D eigenvalue weighted by Crippen LogP contribution is 2.40. The number of rotatable bonds is 9. The number of nitrogens with zero attached hydrogens (tertiary/aromatic N) is 1. The Morgan fingerprint density at radius 2 is 1.88 bits per heavy atom. The second-order valence-electron chi connectivity index (χ2n) is 7.25. The standard InChI is InChI=1S/C24H27NO7/c1-16(26)31-10-5-11-32-23-14-18-8-9-25(24(27)28)21(20(18)15-22(23)30-3)13-17-6-4-7-19(12-17)29-2/h4,6-9,12,14-15,21H,5,10-11,13H2,1-3H3,(H,27,28). The number of esters is 1. The zero-order valence-corrected chi connectivity index (χ0v) is 18.4. The molecule has 3 rings (SSSR count). The third kappa shape index (κ3) is 5.51. The molecule has 0 bridgehead atoms. The van der Waals surface area contributed by atoms with Gasteiger partial charge in [0.25, 0.3) is 0 Å². The molecule has 2 aromatic rings. The van der Waals surface area contributed by atoms with E-state index in [1.807, 2.05) is 36.4 Å². The van der Waals surface area contributed by atoms with Crippen LogP contribution in [-0.2, 0) is 16.0 Å². The first-order valence-electron chi connectivity index (χ1n) is 10.2. The van der Waals surface area contributed by atoms with Gasteiger partial charge in [0.2, 0.25) is 0 Å². The number of benzene rings is 2. The lowest BCUT2D eigenvalue weighted by atomic mass is 9.91. The Balaban J connectivity index is 1.86. The van der Waals surface area contributed by atoms with Gasteiger partial charge in [-0.25, -0.2) is 4.79 Å². The molecule has 1 aliphatic heterocycles. The second kappa shape index (κ2) is 10.6. The van der Waals surface area contributed by atoms with Crippen LogP contribution in [0, 0.1) is 0 Å². The van der Waals surface area contributed by atoms with Crippen molar-refractivity contribution in [3.05, 3.63) is 59.3 Å². The smallest absolute Gasteiger partial charge is 0.411 e. The fraction of sp³-hybridized carbons (Fsp3) is 0.333. The molecule has 0 aromatic heterocycles. The van der Waals surface area contributed by atoms with Gasteiger partial charge in [0, 0.05) is 19.5 Å². The first kappa shape index (κ1) is 23.0. The van der Waals surface area contributed by atoms with Crippen molar-refractivity contribution < 1.29 is 33.6 Å². The summed E-state index contributed by atoms with van der Waals surface area (Å²) in [7, 11) is 3.14. The van der Waals surface area contributed by atoms with E-state index >= 15 is 0 Å². The number of ether oxygens (including phenoxy) is 4. The molecule has 8 heteroatoms. The quantitative estimate of drug-likeness (QED) is 0.458. The first-order chi connectivity index (χ1) is 15.4. The molecule has 0 radical (unpaired) electrons. The summed E-state index contributed by atoms with van der Waals surface area (Å²) in [5.74, 6) is 1.44. The molecule has 2 aromatic carbocycles. The maximum absolute atomic E-state index is 11.9. The number of fused-ring (bicyclic) bond motifs is 1. The Bertz CT molecular complexity index is 1000. The average molecular weight is 441 g/mol. The maximum atomic E-state index is 11.9. The summed E-state index contributed by atoms with van der Waals surface area (Å²) in [6, 6.07) is 10.8. The Hall–Kier alpha value is -3.68. The zero-order chi connectivity index (χ0) is 23.1. The van der Waals surface area contributed by atoms with Crippen molar-refractivity contribution >= 4 is 18.1 Å². The molecule has 1 amide bonds. The molecule has 0 spiro atoms. The number of hydrogen-bond donors (Lipinski definition) is 1. The first-order valence-corrected chi connectivity index (χ1v) is 10.2. The molecule has 1 atom stereocenters. The van der Waals surface area contributed by atoms with Crippen LogP contribution in [0.15, 0.2) is 42.6 Å². The summed E-state index contributed by atoms with van der Waals surface area (Å²) >= 11 is 0. The van der Waals surface area contributed by atoms with E-state index in [1.165, 1.54) is 18.9 Å². The van der Waals surface area contributed by atoms with E-state index in [0.29, 0.717) is 36.7 Å². The van der Waals surface area contributed by atoms with E-state index in [1.54, 1.807) is 19.4 Å². The van der Waals surface area contributed by atoms with Gasteiger partial charge in [-0.2, -0.15) is 0 Å². The molecule has 8 nitrogen and oxygen atoms in total. The number of amides is 1. The van der Waals surface area contributed by atoms with Crippen molar-refractivity contribution in [3.63, 3.8) is 0 Å². The lowest BCUT2D eigenvalue weighted by Gasteiger charge is -2.32. The van der Waals surface area contributed by atoms with Crippen molar-refractivity contribution in [2.45, 2.75) is 25.8 Å². The van der Waals surface area contributed by atoms with Gasteiger partial charge in [-0.3, -0.25) is 9.69 Å². The van der Waals surface area contributed by atoms with E-state index in [9.17, 15) is 14.7 Å². The van der Waals surface area contributed by atoms with E-state index < -0.39 is 12.1 Å². The predicted octanol–water partition coefficient (Wildman–Crippen LogP) is 4.28. The Labute approximate surface area is 187 Å². The summed E-state index contributed by atoms with van der Waals surface area (Å²) in [4.78, 5) is 24.1. The fourth-order valence-electron chi connectivity index (χ4n) is 3.60. The highest BCUT2D eigenvalue weighted by Gasteiger charge is 2.29. The summed E-state index contributed by atoms with van der Waals surface area (Å²) in [5.41, 5.74) is 2.62. The third-order valence-corrected chi connectivity index (χ3v) is 5.11. The van der Waals surface area contributed by atoms with Crippen LogP contribution < -0.4 is 14.2 Å². The summed E-state index contributed by atoms with van der Waals surface area (Å²) in [6.45, 7) is 1.99. The molecule has 0 fully saturated rings. The normalized spacial score (nSPS) is 14.5. The van der Waals surface area contributed by atoms with E-state index in [0.717, 1.165) is 16.7 Å². The van der Waals surface area contributed by atoms with Crippen LogP contribution in [0.4, 0.5) is 4.79 Å². The van der Waals surface area contributed by atoms with Crippen LogP contribution in [0.2, 0.25) is 0 Å². The number of hydrogen-bond acceptors (Lipinski definition) is 6. The third-order valence-electron chi connectivity index (χ3n) is 5.11. The molecule has 0 saturated heterocycles. The van der Waals surface area contributed by atoms with Gasteiger partial charge in [0.05, 0.1) is 33.5 Å². The molecular formula is C24H27NO7. The molecule has 0 saturated carbocycles. The molecule has 1 aliphatic rings. The molecule has 32 heavy (non-hydrogen) atoms. The van der Waals surface area contributed by atoms with Crippen LogP contribution in [0.5, 0.6) is 17.2 Å². The molecule has 1 heterocycles. The molecule has 170 valence electrons. The minimum Gasteiger partial charge on any atom is -0.497 e. The van der Waals surface area contributed by atoms with Crippen molar-refractivity contribution in [3.8, 4) is 17.2 Å². The SMILES string of the molecule is COc1cccc(CC2c3cc(OC)c(OCCCOC(C)=O)cc3C=CN2C(=O)O)c1. The van der Waals surface area contributed by atoms with Gasteiger partial charge in [-0.1, -0.05) is 12.1 Å². The van der Waals surface area contributed by atoms with Crippen LogP contribution in [0.25, 0.3) is 6.08 Å². The molecular weight excluding hydrogens is 414 g/mol. The van der Waals surface area contributed by atoms with Crippen LogP contribution in [0.1, 0.15) is 36.1 Å². The van der Waals surface area contributed by atoms with Gasteiger partial charge in [0.1, 0.15) is 5.75 Å². The highest BCUT2D eigenvalue weighted by molar-refractivity contribution is 5.73. The summed E-state index contributed by atoms with van der Waals surface area (Å²) in [6.07, 6.45) is 3.28. The van der Waals surface area contributed by atoms with Gasteiger partial charge in [-0.05, 0) is 53.5 Å². The second-order valence-corrected chi connectivity index (χ2v) is 7.25. The summed E-state index contributed by atoms with van der Waals surface area (Å²) < 4.78 is 21.6. The largest absolute Gasteiger partial charge is 0.497 e. The number of methoxy groups -OCH3 is 2. The zero-order valence-electron chi connectivity index (χ0n) is 18.4. The van der Waals surface area contributed by atoms with E-state index in [2.05, 4.69) is 0 Å². The highest BCUT2D eigenvalue weighted by atomic mass is 16.5. The monoisotopic (exact) mass is 441 g/mol. The van der Waals surface area contributed by atoms with Crippen molar-refractivity contribution in [2.24, 2.45) is 0 Å². The lowest BCUT2D eigenvalue weighted by Crippen LogP contribution is -2.32. The summed E-state index contributed by atoms with van der Waals surface area (Å²) in [5, 5.41) is 9.76. The van der Waals surface area contributed by atoms with Crippen LogP contribution >= 0.6 is 0 Å². The van der Waals surface area contributed by atoms with Crippen LogP contribution in [-0.4, -0.2) is 49.5 Å².